The number of hydrogen-bond acceptors (Lipinski definition) is 4. The summed E-state index contributed by atoms with van der Waals surface area (Å²) in [4.78, 5) is 2.32. The monoisotopic (exact) mass is 424 g/mol. The Morgan fingerprint density at radius 2 is 1.90 bits per heavy atom. The van der Waals surface area contributed by atoms with E-state index >= 15 is 0 Å². The summed E-state index contributed by atoms with van der Waals surface area (Å²) in [7, 11) is 0. The molecule has 30 heavy (non-hydrogen) atoms. The summed E-state index contributed by atoms with van der Waals surface area (Å²) in [6.07, 6.45) is -0.358. The fraction of sp³-hybridized carbons (Fsp3) is 0.280. The number of aliphatic hydroxyl groups excluding tert-OH is 2. The molecule has 1 aromatic heterocycles. The highest BCUT2D eigenvalue weighted by Crippen LogP contribution is 2.36. The summed E-state index contributed by atoms with van der Waals surface area (Å²) in [5, 5.41) is 19.8. The Morgan fingerprint density at radius 3 is 2.63 bits per heavy atom. The molecule has 1 saturated heterocycles. The summed E-state index contributed by atoms with van der Waals surface area (Å²) in [5.74, 6) is -0.233. The molecule has 0 unspecified atom stereocenters. The van der Waals surface area contributed by atoms with Crippen molar-refractivity contribution in [2.24, 2.45) is 0 Å². The van der Waals surface area contributed by atoms with Crippen molar-refractivity contribution in [3.8, 4) is 10.4 Å². The van der Waals surface area contributed by atoms with Crippen molar-refractivity contribution in [1.82, 2.24) is 0 Å². The van der Waals surface area contributed by atoms with Gasteiger partial charge in [0.1, 0.15) is 11.9 Å². The second kappa shape index (κ2) is 8.82. The molecule has 3 nitrogen and oxygen atoms in total. The Hall–Kier alpha value is -2.31. The van der Waals surface area contributed by atoms with Gasteiger partial charge >= 0.3 is 0 Å². The molecule has 2 aromatic carbocycles. The van der Waals surface area contributed by atoms with Crippen molar-refractivity contribution >= 4 is 11.3 Å². The average Bonchev–Trinajstić information content (AvgIpc) is 3.20. The minimum absolute atomic E-state index is 0.124. The lowest BCUT2D eigenvalue weighted by Gasteiger charge is -2.35. The lowest BCUT2D eigenvalue weighted by Crippen LogP contribution is -2.35. The van der Waals surface area contributed by atoms with Crippen LogP contribution in [0.5, 0.6) is 0 Å². The van der Waals surface area contributed by atoms with Gasteiger partial charge in [-0.15, -0.1) is 11.3 Å². The van der Waals surface area contributed by atoms with E-state index in [4.69, 9.17) is 4.74 Å². The molecular weight excluding hydrogens is 399 g/mol. The van der Waals surface area contributed by atoms with Gasteiger partial charge in [0.25, 0.3) is 0 Å². The fourth-order valence-corrected chi connectivity index (χ4v) is 4.83. The molecule has 0 aliphatic carbocycles. The number of halogens is 1. The van der Waals surface area contributed by atoms with E-state index in [0.717, 1.165) is 22.4 Å². The summed E-state index contributed by atoms with van der Waals surface area (Å²) >= 11 is 1.70. The van der Waals surface area contributed by atoms with E-state index in [1.807, 2.05) is 6.07 Å². The molecule has 4 rings (SSSR count). The van der Waals surface area contributed by atoms with E-state index in [-0.39, 0.29) is 12.4 Å². The van der Waals surface area contributed by atoms with Crippen LogP contribution in [-0.2, 0) is 11.2 Å². The molecule has 2 N–H and O–H groups in total. The molecule has 3 atom stereocenters. The van der Waals surface area contributed by atoms with Crippen molar-refractivity contribution in [2.45, 2.75) is 38.1 Å². The first kappa shape index (κ1) is 20.9. The van der Waals surface area contributed by atoms with E-state index in [2.05, 4.69) is 37.8 Å². The van der Waals surface area contributed by atoms with Crippen LogP contribution in [0.3, 0.4) is 0 Å². The van der Waals surface area contributed by atoms with Crippen LogP contribution in [0, 0.1) is 12.7 Å². The summed E-state index contributed by atoms with van der Waals surface area (Å²) in [6, 6.07) is 16.9. The average molecular weight is 425 g/mol. The third kappa shape index (κ3) is 4.40. The van der Waals surface area contributed by atoms with E-state index in [1.165, 1.54) is 28.1 Å². The molecule has 0 radical (unpaired) electrons. The molecule has 0 amide bonds. The highest BCUT2D eigenvalue weighted by Gasteiger charge is 2.32. The number of rotatable bonds is 5. The number of aliphatic hydroxyl groups is 2. The molecule has 2 heterocycles. The third-order valence-corrected chi connectivity index (χ3v) is 6.75. The molecule has 156 valence electrons. The zero-order chi connectivity index (χ0) is 21.3. The fourth-order valence-electron chi connectivity index (χ4n) is 3.80. The molecular formula is C25H25FO3S. The third-order valence-electron chi connectivity index (χ3n) is 5.61. The van der Waals surface area contributed by atoms with E-state index in [1.54, 1.807) is 23.5 Å². The molecule has 3 aromatic rings. The first-order valence-electron chi connectivity index (χ1n) is 10.0. The van der Waals surface area contributed by atoms with Gasteiger partial charge < -0.3 is 14.9 Å². The van der Waals surface area contributed by atoms with Gasteiger partial charge in [-0.2, -0.15) is 0 Å². The second-order valence-electron chi connectivity index (χ2n) is 7.78. The molecule has 1 aliphatic rings. The zero-order valence-electron chi connectivity index (χ0n) is 16.8. The number of benzene rings is 2. The Kier molecular flexibility index (Phi) is 6.16. The largest absolute Gasteiger partial charge is 0.394 e. The van der Waals surface area contributed by atoms with Crippen molar-refractivity contribution in [2.75, 3.05) is 6.61 Å². The van der Waals surface area contributed by atoms with Gasteiger partial charge in [-0.25, -0.2) is 4.39 Å². The smallest absolute Gasteiger partial charge is 0.123 e. The van der Waals surface area contributed by atoms with Crippen LogP contribution in [-0.4, -0.2) is 29.0 Å². The van der Waals surface area contributed by atoms with Crippen LogP contribution in [0.1, 0.15) is 34.1 Å². The summed E-state index contributed by atoms with van der Waals surface area (Å²) in [6.45, 7) is 5.97. The van der Waals surface area contributed by atoms with Crippen LogP contribution < -0.4 is 0 Å². The van der Waals surface area contributed by atoms with Crippen molar-refractivity contribution in [3.05, 3.63) is 94.1 Å². The number of thiophene rings is 1. The predicted molar refractivity (Wildman–Crippen MR) is 118 cm³/mol. The van der Waals surface area contributed by atoms with Gasteiger partial charge in [0, 0.05) is 22.6 Å². The highest BCUT2D eigenvalue weighted by atomic mass is 32.1. The van der Waals surface area contributed by atoms with Gasteiger partial charge in [-0.3, -0.25) is 0 Å². The number of ether oxygens (including phenoxy) is 1. The van der Waals surface area contributed by atoms with Crippen molar-refractivity contribution < 1.29 is 19.3 Å². The van der Waals surface area contributed by atoms with E-state index in [0.29, 0.717) is 12.0 Å². The van der Waals surface area contributed by atoms with Crippen LogP contribution in [0.4, 0.5) is 4.39 Å². The van der Waals surface area contributed by atoms with E-state index in [9.17, 15) is 14.6 Å². The van der Waals surface area contributed by atoms with Crippen molar-refractivity contribution in [3.63, 3.8) is 0 Å². The Bertz CT molecular complexity index is 1040. The lowest BCUT2D eigenvalue weighted by molar-refractivity contribution is -0.0785. The van der Waals surface area contributed by atoms with E-state index < -0.39 is 18.3 Å². The minimum Gasteiger partial charge on any atom is -0.394 e. The summed E-state index contributed by atoms with van der Waals surface area (Å²) in [5.41, 5.74) is 4.93. The number of hydrogen-bond donors (Lipinski definition) is 2. The predicted octanol–water partition coefficient (Wildman–Crippen LogP) is 5.19. The molecule has 0 spiro atoms. The van der Waals surface area contributed by atoms with Gasteiger partial charge in [0.2, 0.25) is 0 Å². The van der Waals surface area contributed by atoms with Gasteiger partial charge in [-0.05, 0) is 59.0 Å². The van der Waals surface area contributed by atoms with Crippen LogP contribution in [0.25, 0.3) is 10.4 Å². The first-order chi connectivity index (χ1) is 14.4. The normalized spacial score (nSPS) is 21.7. The molecule has 5 heteroatoms. The molecule has 1 fully saturated rings. The lowest BCUT2D eigenvalue weighted by atomic mass is 9.90. The molecule has 1 aliphatic heterocycles. The Labute approximate surface area is 180 Å². The highest BCUT2D eigenvalue weighted by molar-refractivity contribution is 7.15. The van der Waals surface area contributed by atoms with Crippen LogP contribution in [0.15, 0.2) is 66.7 Å². The zero-order valence-corrected chi connectivity index (χ0v) is 17.7. The second-order valence-corrected chi connectivity index (χ2v) is 8.95. The maximum Gasteiger partial charge on any atom is 0.123 e. The topological polar surface area (TPSA) is 49.7 Å². The van der Waals surface area contributed by atoms with Crippen LogP contribution >= 0.6 is 11.3 Å². The van der Waals surface area contributed by atoms with Crippen molar-refractivity contribution in [1.29, 1.82) is 0 Å². The standard InChI is InChI=1S/C25H25FO3S/c1-15-3-4-18(25-16(2)23(28)13-21(14-27)29-25)11-19(15)12-22-9-10-24(30-22)17-5-7-20(26)8-6-17/h3-11,21,23,25,27-28H,2,12-14H2,1H3/t21-,23-,25+/m0/s1. The maximum absolute atomic E-state index is 13.2. The summed E-state index contributed by atoms with van der Waals surface area (Å²) < 4.78 is 19.2. The Balaban J connectivity index is 1.57. The molecule has 0 bridgehead atoms. The van der Waals surface area contributed by atoms with Gasteiger partial charge in [0.15, 0.2) is 0 Å². The quantitative estimate of drug-likeness (QED) is 0.554. The van der Waals surface area contributed by atoms with Gasteiger partial charge in [0.05, 0.1) is 18.8 Å². The Morgan fingerprint density at radius 1 is 1.13 bits per heavy atom. The first-order valence-corrected chi connectivity index (χ1v) is 10.8. The minimum atomic E-state index is -0.679. The van der Waals surface area contributed by atoms with Crippen LogP contribution in [0.2, 0.25) is 0 Å². The number of aryl methyl sites for hydroxylation is 1. The SMILES string of the molecule is C=C1[C@H](c2ccc(C)c(Cc3ccc(-c4ccc(F)cc4)s3)c2)O[C@H](CO)C[C@@H]1O. The maximum atomic E-state index is 13.2. The van der Waals surface area contributed by atoms with Gasteiger partial charge in [-0.1, -0.05) is 36.9 Å². The molecule has 0 saturated carbocycles.